The van der Waals surface area contributed by atoms with E-state index in [0.29, 0.717) is 0 Å². The van der Waals surface area contributed by atoms with Crippen molar-refractivity contribution in [1.82, 2.24) is 4.98 Å². The van der Waals surface area contributed by atoms with E-state index in [1.54, 1.807) is 6.20 Å². The number of ether oxygens (including phenoxy) is 1. The Morgan fingerprint density at radius 3 is 2.10 bits per heavy atom. The van der Waals surface area contributed by atoms with Crippen molar-refractivity contribution in [2.75, 3.05) is 0 Å². The van der Waals surface area contributed by atoms with Gasteiger partial charge in [-0.05, 0) is 85.6 Å². The van der Waals surface area contributed by atoms with Gasteiger partial charge in [0.15, 0.2) is 8.32 Å². The lowest BCUT2D eigenvalue weighted by Gasteiger charge is -2.42. The maximum Gasteiger partial charge on any atom is 0.336 e. The Labute approximate surface area is 234 Å². The van der Waals surface area contributed by atoms with Gasteiger partial charge in [0.05, 0.1) is 16.7 Å². The molecule has 0 saturated heterocycles. The van der Waals surface area contributed by atoms with Crippen LogP contribution in [0.15, 0.2) is 42.7 Å². The number of allylic oxidation sites excluding steroid dienone is 2. The summed E-state index contributed by atoms with van der Waals surface area (Å²) in [5.74, 6) is -2.32. The summed E-state index contributed by atoms with van der Waals surface area (Å²) in [6.45, 7) is 13.7. The highest BCUT2D eigenvalue weighted by molar-refractivity contribution is 6.73. The summed E-state index contributed by atoms with van der Waals surface area (Å²) in [4.78, 5) is 27.2. The molecule has 1 aromatic carbocycles. The summed E-state index contributed by atoms with van der Waals surface area (Å²) in [6, 6.07) is 9.45. The van der Waals surface area contributed by atoms with E-state index in [9.17, 15) is 19.8 Å². The molecule has 0 spiro atoms. The number of hydrogen-bond donors (Lipinski definition) is 2. The average molecular weight is 556 g/mol. The Morgan fingerprint density at radius 1 is 0.923 bits per heavy atom. The van der Waals surface area contributed by atoms with Crippen LogP contribution in [-0.2, 0) is 11.0 Å². The number of aromatic carboxylic acids is 2. The molecule has 0 unspecified atom stereocenters. The van der Waals surface area contributed by atoms with Crippen molar-refractivity contribution in [3.05, 3.63) is 65.0 Å². The fraction of sp³-hybridized carbons (Fsp3) is 0.516. The molecule has 7 nitrogen and oxygen atoms in total. The smallest absolute Gasteiger partial charge is 0.336 e. The van der Waals surface area contributed by atoms with Crippen molar-refractivity contribution in [2.45, 2.75) is 104 Å². The molecule has 1 heterocycles. The van der Waals surface area contributed by atoms with Gasteiger partial charge in [0, 0.05) is 18.0 Å². The van der Waals surface area contributed by atoms with Crippen LogP contribution in [0.1, 0.15) is 105 Å². The van der Waals surface area contributed by atoms with Gasteiger partial charge in [-0.15, -0.1) is 0 Å². The van der Waals surface area contributed by atoms with Crippen LogP contribution >= 0.6 is 0 Å². The number of carbonyl (C=O) groups is 2. The molecule has 0 atom stereocenters. The van der Waals surface area contributed by atoms with Crippen LogP contribution in [0.2, 0.25) is 18.1 Å². The highest BCUT2D eigenvalue weighted by atomic mass is 28.4. The second kappa shape index (κ2) is 15.0. The Kier molecular flexibility index (Phi) is 12.4. The lowest BCUT2D eigenvalue weighted by molar-refractivity contribution is 0.0397. The van der Waals surface area contributed by atoms with Crippen molar-refractivity contribution in [2.24, 2.45) is 0 Å². The van der Waals surface area contributed by atoms with Gasteiger partial charge in [-0.25, -0.2) is 9.59 Å². The number of pyridine rings is 1. The summed E-state index contributed by atoms with van der Waals surface area (Å²) < 4.78 is 12.8. The number of benzene rings is 1. The van der Waals surface area contributed by atoms with Gasteiger partial charge in [-0.1, -0.05) is 47.6 Å². The normalized spacial score (nSPS) is 12.4. The molecule has 0 aliphatic heterocycles. The first-order chi connectivity index (χ1) is 18.6. The fourth-order valence-corrected chi connectivity index (χ4v) is 8.33. The van der Waals surface area contributed by atoms with Gasteiger partial charge in [-0.3, -0.25) is 4.98 Å². The topological polar surface area (TPSA) is 106 Å². The highest BCUT2D eigenvalue weighted by Gasteiger charge is 2.38. The number of hydrogen-bond acceptors (Lipinski definition) is 5. The molecule has 0 amide bonds. The highest BCUT2D eigenvalue weighted by Crippen LogP contribution is 2.36. The molecule has 1 aromatic heterocycles. The SMILES string of the molecule is CC/C(=C\CCC(CC)(CC)O[Si](CC)(CC)CC)c1cncc(COc2ccc(C(=O)O)c(C(=O)O)c2)c1. The second-order valence-corrected chi connectivity index (χ2v) is 14.7. The van der Waals surface area contributed by atoms with E-state index in [1.165, 1.54) is 23.8 Å². The molecular formula is C31H45NO6Si. The molecule has 2 rings (SSSR count). The van der Waals surface area contributed by atoms with Gasteiger partial charge in [0.2, 0.25) is 0 Å². The predicted octanol–water partition coefficient (Wildman–Crippen LogP) is 8.21. The molecule has 2 N–H and O–H groups in total. The van der Waals surface area contributed by atoms with Crippen LogP contribution in [0.25, 0.3) is 5.57 Å². The van der Waals surface area contributed by atoms with Crippen molar-refractivity contribution >= 4 is 25.8 Å². The monoisotopic (exact) mass is 555 g/mol. The summed E-state index contributed by atoms with van der Waals surface area (Å²) in [5.41, 5.74) is 2.43. The van der Waals surface area contributed by atoms with Crippen molar-refractivity contribution in [1.29, 1.82) is 0 Å². The largest absolute Gasteiger partial charge is 0.489 e. The lowest BCUT2D eigenvalue weighted by Crippen LogP contribution is -2.46. The van der Waals surface area contributed by atoms with Crippen molar-refractivity contribution < 1.29 is 29.0 Å². The van der Waals surface area contributed by atoms with E-state index < -0.39 is 20.3 Å². The molecule has 0 bridgehead atoms. The zero-order valence-corrected chi connectivity index (χ0v) is 25.4. The van der Waals surface area contributed by atoms with Crippen LogP contribution in [0.3, 0.4) is 0 Å². The molecular weight excluding hydrogens is 510 g/mol. The third kappa shape index (κ3) is 8.50. The first-order valence-corrected chi connectivity index (χ1v) is 16.7. The van der Waals surface area contributed by atoms with Gasteiger partial charge < -0.3 is 19.4 Å². The standard InChI is InChI=1S/C31H45NO6Si/c1-7-24(14-13-17-31(8-2,9-3)38-39(10-4,11-5)12-6)25-18-23(20-32-21-25)22-37-26-15-16-27(29(33)34)28(19-26)30(35)36/h14-16,18-21H,7-13,17,22H2,1-6H3,(H,33,34)(H,35,36)/b24-14+. The summed E-state index contributed by atoms with van der Waals surface area (Å²) in [5, 5.41) is 18.6. The molecule has 0 fully saturated rings. The van der Waals surface area contributed by atoms with Crippen LogP contribution in [0.5, 0.6) is 5.75 Å². The molecule has 214 valence electrons. The molecule has 0 aliphatic rings. The summed E-state index contributed by atoms with van der Waals surface area (Å²) >= 11 is 0. The fourth-order valence-electron chi connectivity index (χ4n) is 5.09. The van der Waals surface area contributed by atoms with Gasteiger partial charge in [0.1, 0.15) is 12.4 Å². The maximum absolute atomic E-state index is 11.5. The molecule has 0 saturated carbocycles. The van der Waals surface area contributed by atoms with E-state index in [2.05, 4.69) is 52.6 Å². The Balaban J connectivity index is 2.16. The third-order valence-electron chi connectivity index (χ3n) is 8.05. The van der Waals surface area contributed by atoms with E-state index in [4.69, 9.17) is 9.16 Å². The average Bonchev–Trinajstić information content (AvgIpc) is 2.96. The minimum Gasteiger partial charge on any atom is -0.489 e. The predicted molar refractivity (Wildman–Crippen MR) is 158 cm³/mol. The molecule has 0 aliphatic carbocycles. The number of carboxylic acids is 2. The first-order valence-electron chi connectivity index (χ1n) is 14.2. The Morgan fingerprint density at radius 2 is 1.56 bits per heavy atom. The Hall–Kier alpha value is -2.97. The number of aromatic nitrogens is 1. The van der Waals surface area contributed by atoms with Gasteiger partial charge >= 0.3 is 11.9 Å². The zero-order chi connectivity index (χ0) is 29.1. The third-order valence-corrected chi connectivity index (χ3v) is 12.8. The summed E-state index contributed by atoms with van der Waals surface area (Å²) in [6.07, 6.45) is 10.7. The molecule has 8 heteroatoms. The maximum atomic E-state index is 11.5. The van der Waals surface area contributed by atoms with Crippen LogP contribution < -0.4 is 4.74 Å². The Bertz CT molecular complexity index is 1130. The minimum atomic E-state index is -1.71. The zero-order valence-electron chi connectivity index (χ0n) is 24.4. The number of nitrogens with zero attached hydrogens (tertiary/aromatic N) is 1. The first kappa shape index (κ1) is 32.2. The molecule has 39 heavy (non-hydrogen) atoms. The van der Waals surface area contributed by atoms with Gasteiger partial charge in [-0.2, -0.15) is 0 Å². The molecule has 0 radical (unpaired) electrons. The lowest BCUT2D eigenvalue weighted by atomic mass is 9.91. The van der Waals surface area contributed by atoms with Crippen LogP contribution in [0, 0.1) is 0 Å². The van der Waals surface area contributed by atoms with Crippen LogP contribution in [-0.4, -0.2) is 41.1 Å². The van der Waals surface area contributed by atoms with E-state index >= 15 is 0 Å². The van der Waals surface area contributed by atoms with Crippen molar-refractivity contribution in [3.63, 3.8) is 0 Å². The molecule has 2 aromatic rings. The van der Waals surface area contributed by atoms with Gasteiger partial charge in [0.25, 0.3) is 0 Å². The van der Waals surface area contributed by atoms with Crippen molar-refractivity contribution in [3.8, 4) is 5.75 Å². The minimum absolute atomic E-state index is 0.0808. The quantitative estimate of drug-likeness (QED) is 0.189. The van der Waals surface area contributed by atoms with Crippen LogP contribution in [0.4, 0.5) is 0 Å². The second-order valence-electron chi connectivity index (χ2n) is 10.0. The van der Waals surface area contributed by atoms with E-state index in [-0.39, 0.29) is 29.1 Å². The summed E-state index contributed by atoms with van der Waals surface area (Å²) in [7, 11) is -1.71. The van der Waals surface area contributed by atoms with E-state index in [1.807, 2.05) is 12.3 Å². The number of carboxylic acid groups (broad SMARTS) is 2. The van der Waals surface area contributed by atoms with E-state index in [0.717, 1.165) is 61.4 Å². The number of rotatable bonds is 17.